The summed E-state index contributed by atoms with van der Waals surface area (Å²) in [5.74, 6) is -0.203. The lowest BCUT2D eigenvalue weighted by Gasteiger charge is -2.18. The van der Waals surface area contributed by atoms with Gasteiger partial charge in [0.1, 0.15) is 12.7 Å². The number of ether oxygens (including phenoxy) is 1. The van der Waals surface area contributed by atoms with Crippen molar-refractivity contribution in [1.29, 1.82) is 0 Å². The molecule has 2 aromatic carbocycles. The van der Waals surface area contributed by atoms with Gasteiger partial charge in [-0.1, -0.05) is 60.7 Å². The molecule has 3 aromatic rings. The van der Waals surface area contributed by atoms with Gasteiger partial charge in [-0.15, -0.1) is 11.3 Å². The lowest BCUT2D eigenvalue weighted by atomic mass is 10.0. The van der Waals surface area contributed by atoms with E-state index in [9.17, 15) is 4.79 Å². The van der Waals surface area contributed by atoms with Gasteiger partial charge in [0, 0.05) is 4.88 Å². The molecule has 0 atom stereocenters. The summed E-state index contributed by atoms with van der Waals surface area (Å²) in [5.41, 5.74) is 2.97. The van der Waals surface area contributed by atoms with Crippen molar-refractivity contribution in [2.75, 3.05) is 11.9 Å². The van der Waals surface area contributed by atoms with Gasteiger partial charge in [-0.25, -0.2) is 4.98 Å². The van der Waals surface area contributed by atoms with Gasteiger partial charge < -0.3 is 4.74 Å². The molecule has 0 fully saturated rings. The molecule has 128 valence electrons. The van der Waals surface area contributed by atoms with Gasteiger partial charge in [0.05, 0.1) is 5.69 Å². The third-order valence-corrected chi connectivity index (χ3v) is 4.85. The summed E-state index contributed by atoms with van der Waals surface area (Å²) in [5, 5.41) is 3.42. The van der Waals surface area contributed by atoms with E-state index in [-0.39, 0.29) is 18.6 Å². The number of anilines is 1. The molecule has 5 heteroatoms. The summed E-state index contributed by atoms with van der Waals surface area (Å²) < 4.78 is 5.95. The van der Waals surface area contributed by atoms with Crippen LogP contribution in [-0.2, 0) is 9.53 Å². The maximum atomic E-state index is 12.2. The van der Waals surface area contributed by atoms with Crippen LogP contribution >= 0.6 is 11.3 Å². The average Bonchev–Trinajstić information content (AvgIpc) is 2.94. The highest BCUT2D eigenvalue weighted by atomic mass is 32.1. The van der Waals surface area contributed by atoms with Gasteiger partial charge in [-0.3, -0.25) is 10.1 Å². The zero-order valence-electron chi connectivity index (χ0n) is 14.2. The van der Waals surface area contributed by atoms with Gasteiger partial charge in [0.15, 0.2) is 5.13 Å². The Morgan fingerprint density at radius 2 is 1.60 bits per heavy atom. The molecule has 0 spiro atoms. The highest BCUT2D eigenvalue weighted by Gasteiger charge is 2.16. The molecule has 1 aromatic heterocycles. The Hall–Kier alpha value is -2.50. The molecule has 0 radical (unpaired) electrons. The molecule has 0 aliphatic heterocycles. The van der Waals surface area contributed by atoms with Crippen molar-refractivity contribution in [3.63, 3.8) is 0 Å². The first-order valence-corrected chi connectivity index (χ1v) is 8.90. The van der Waals surface area contributed by atoms with E-state index >= 15 is 0 Å². The number of aromatic nitrogens is 1. The Morgan fingerprint density at radius 1 is 1.04 bits per heavy atom. The molecule has 25 heavy (non-hydrogen) atoms. The van der Waals surface area contributed by atoms with Crippen molar-refractivity contribution in [2.24, 2.45) is 0 Å². The molecule has 0 unspecified atom stereocenters. The lowest BCUT2D eigenvalue weighted by Crippen LogP contribution is -2.20. The number of carbonyl (C=O) groups is 1. The largest absolute Gasteiger partial charge is 0.359 e. The van der Waals surface area contributed by atoms with Crippen LogP contribution in [-0.4, -0.2) is 17.5 Å². The number of nitrogens with zero attached hydrogens (tertiary/aromatic N) is 1. The number of benzene rings is 2. The first-order chi connectivity index (χ1) is 12.1. The molecular weight excluding hydrogens is 332 g/mol. The number of thiazole rings is 1. The molecule has 0 bridgehead atoms. The summed E-state index contributed by atoms with van der Waals surface area (Å²) in [6, 6.07) is 19.8. The van der Waals surface area contributed by atoms with E-state index in [0.29, 0.717) is 5.13 Å². The van der Waals surface area contributed by atoms with Crippen molar-refractivity contribution in [3.05, 3.63) is 82.4 Å². The SMILES string of the molecule is Cc1nc(NC(=O)COC(c2ccccc2)c2ccccc2)sc1C. The molecule has 0 saturated heterocycles. The van der Waals surface area contributed by atoms with Crippen LogP contribution in [0, 0.1) is 13.8 Å². The van der Waals surface area contributed by atoms with Crippen LogP contribution in [0.5, 0.6) is 0 Å². The smallest absolute Gasteiger partial charge is 0.252 e. The Bertz CT molecular complexity index is 772. The number of carbonyl (C=O) groups excluding carboxylic acids is 1. The van der Waals surface area contributed by atoms with Crippen molar-refractivity contribution in [3.8, 4) is 0 Å². The minimum absolute atomic E-state index is 0.0356. The van der Waals surface area contributed by atoms with Gasteiger partial charge in [0.25, 0.3) is 5.91 Å². The van der Waals surface area contributed by atoms with Crippen LogP contribution in [0.15, 0.2) is 60.7 Å². The van der Waals surface area contributed by atoms with Crippen LogP contribution in [0.3, 0.4) is 0 Å². The number of nitrogens with one attached hydrogen (secondary N) is 1. The van der Waals surface area contributed by atoms with E-state index in [4.69, 9.17) is 4.74 Å². The summed E-state index contributed by atoms with van der Waals surface area (Å²) >= 11 is 1.47. The molecule has 0 saturated carbocycles. The molecule has 4 nitrogen and oxygen atoms in total. The topological polar surface area (TPSA) is 51.2 Å². The van der Waals surface area contributed by atoms with E-state index in [1.165, 1.54) is 11.3 Å². The van der Waals surface area contributed by atoms with Crippen LogP contribution in [0.2, 0.25) is 0 Å². The van der Waals surface area contributed by atoms with Gasteiger partial charge in [-0.05, 0) is 25.0 Å². The fourth-order valence-electron chi connectivity index (χ4n) is 2.48. The fraction of sp³-hybridized carbons (Fsp3) is 0.200. The summed E-state index contributed by atoms with van der Waals surface area (Å²) in [4.78, 5) is 17.7. The highest BCUT2D eigenvalue weighted by molar-refractivity contribution is 7.15. The number of aryl methyl sites for hydroxylation is 2. The van der Waals surface area contributed by atoms with E-state index in [0.717, 1.165) is 21.7 Å². The second kappa shape index (κ2) is 8.05. The van der Waals surface area contributed by atoms with E-state index in [1.54, 1.807) is 0 Å². The van der Waals surface area contributed by atoms with Crippen molar-refractivity contribution in [2.45, 2.75) is 20.0 Å². The molecule has 0 aliphatic carbocycles. The maximum Gasteiger partial charge on any atom is 0.252 e. The maximum absolute atomic E-state index is 12.2. The first kappa shape index (κ1) is 17.3. The Kier molecular flexibility index (Phi) is 5.58. The Labute approximate surface area is 151 Å². The molecule has 0 aliphatic rings. The average molecular weight is 352 g/mol. The number of hydrogen-bond acceptors (Lipinski definition) is 4. The van der Waals surface area contributed by atoms with Crippen molar-refractivity contribution in [1.82, 2.24) is 4.98 Å². The van der Waals surface area contributed by atoms with Crippen molar-refractivity contribution < 1.29 is 9.53 Å². The minimum atomic E-state index is -0.284. The predicted octanol–water partition coefficient (Wildman–Crippen LogP) is 4.50. The third kappa shape index (κ3) is 4.53. The molecule has 1 heterocycles. The highest BCUT2D eigenvalue weighted by Crippen LogP contribution is 2.26. The zero-order chi connectivity index (χ0) is 17.6. The number of amides is 1. The number of hydrogen-bond donors (Lipinski definition) is 1. The predicted molar refractivity (Wildman–Crippen MR) is 101 cm³/mol. The van der Waals surface area contributed by atoms with Crippen LogP contribution in [0.1, 0.15) is 27.8 Å². The zero-order valence-corrected chi connectivity index (χ0v) is 15.0. The standard InChI is InChI=1S/C20H20N2O2S/c1-14-15(2)25-20(21-14)22-18(23)13-24-19(16-9-5-3-6-10-16)17-11-7-4-8-12-17/h3-12,19H,13H2,1-2H3,(H,21,22,23). The molecule has 3 rings (SSSR count). The normalized spacial score (nSPS) is 10.8. The van der Waals surface area contributed by atoms with E-state index in [1.807, 2.05) is 74.5 Å². The second-order valence-electron chi connectivity index (χ2n) is 5.72. The van der Waals surface area contributed by atoms with E-state index in [2.05, 4.69) is 10.3 Å². The summed E-state index contributed by atoms with van der Waals surface area (Å²) in [6.45, 7) is 3.88. The molecular formula is C20H20N2O2S. The number of rotatable bonds is 6. The van der Waals surface area contributed by atoms with Gasteiger partial charge in [-0.2, -0.15) is 0 Å². The van der Waals surface area contributed by atoms with E-state index < -0.39 is 0 Å². The fourth-order valence-corrected chi connectivity index (χ4v) is 3.31. The quantitative estimate of drug-likeness (QED) is 0.710. The Balaban J connectivity index is 1.69. The Morgan fingerprint density at radius 3 is 2.08 bits per heavy atom. The van der Waals surface area contributed by atoms with Crippen LogP contribution < -0.4 is 5.32 Å². The third-order valence-electron chi connectivity index (χ3n) is 3.86. The van der Waals surface area contributed by atoms with Gasteiger partial charge >= 0.3 is 0 Å². The van der Waals surface area contributed by atoms with Crippen LogP contribution in [0.4, 0.5) is 5.13 Å². The minimum Gasteiger partial charge on any atom is -0.359 e. The van der Waals surface area contributed by atoms with Gasteiger partial charge in [0.2, 0.25) is 0 Å². The molecule has 1 N–H and O–H groups in total. The molecule has 1 amide bonds. The summed E-state index contributed by atoms with van der Waals surface area (Å²) in [6.07, 6.45) is -0.284. The monoisotopic (exact) mass is 352 g/mol. The summed E-state index contributed by atoms with van der Waals surface area (Å²) in [7, 11) is 0. The first-order valence-electron chi connectivity index (χ1n) is 8.09. The second-order valence-corrected chi connectivity index (χ2v) is 6.92. The van der Waals surface area contributed by atoms with Crippen LogP contribution in [0.25, 0.3) is 0 Å². The van der Waals surface area contributed by atoms with Crippen molar-refractivity contribution >= 4 is 22.4 Å². The lowest BCUT2D eigenvalue weighted by molar-refractivity contribution is -0.121.